The standard InChI is InChI=1S/C20H22N2O5/c1-10(23)8-14(24)22-17(25)16-12(19(22,2)3)9-11-6-5-7-13-15(11)20(16,27)18(26)21(13)4/h5-7,12,16,27H,8-9H2,1-4H3. The molecule has 1 aromatic carbocycles. The maximum absolute atomic E-state index is 13.3. The van der Waals surface area contributed by atoms with Gasteiger partial charge in [-0.3, -0.25) is 24.1 Å². The second-order valence-corrected chi connectivity index (χ2v) is 8.33. The van der Waals surface area contributed by atoms with Crippen molar-refractivity contribution >= 4 is 29.2 Å². The minimum atomic E-state index is -1.98. The quantitative estimate of drug-likeness (QED) is 0.776. The number of carbonyl (C=O) groups excluding carboxylic acids is 4. The van der Waals surface area contributed by atoms with Crippen molar-refractivity contribution in [2.45, 2.75) is 44.8 Å². The van der Waals surface area contributed by atoms with Crippen molar-refractivity contribution in [3.8, 4) is 0 Å². The number of hydrogen-bond acceptors (Lipinski definition) is 5. The van der Waals surface area contributed by atoms with E-state index in [2.05, 4.69) is 0 Å². The molecule has 1 aromatic rings. The maximum atomic E-state index is 13.3. The average Bonchev–Trinajstić information content (AvgIpc) is 2.89. The van der Waals surface area contributed by atoms with Crippen molar-refractivity contribution < 1.29 is 24.3 Å². The molecule has 0 saturated carbocycles. The number of ketones is 1. The van der Waals surface area contributed by atoms with Gasteiger partial charge in [0, 0.05) is 24.1 Å². The fraction of sp³-hybridized carbons (Fsp3) is 0.500. The number of imide groups is 1. The van der Waals surface area contributed by atoms with Gasteiger partial charge in [-0.15, -0.1) is 0 Å². The number of aliphatic hydroxyl groups is 1. The van der Waals surface area contributed by atoms with Crippen molar-refractivity contribution in [1.29, 1.82) is 0 Å². The normalized spacial score (nSPS) is 30.4. The Kier molecular flexibility index (Phi) is 3.47. The Morgan fingerprint density at radius 1 is 1.26 bits per heavy atom. The minimum Gasteiger partial charge on any atom is -0.375 e. The van der Waals surface area contributed by atoms with E-state index in [0.717, 1.165) is 10.5 Å². The molecule has 3 aliphatic rings. The molecular weight excluding hydrogens is 348 g/mol. The monoisotopic (exact) mass is 370 g/mol. The third kappa shape index (κ3) is 2.00. The Balaban J connectivity index is 1.90. The Hall–Kier alpha value is -2.54. The van der Waals surface area contributed by atoms with E-state index in [-0.39, 0.29) is 12.2 Å². The molecule has 0 spiro atoms. The third-order valence-corrected chi connectivity index (χ3v) is 6.41. The maximum Gasteiger partial charge on any atom is 0.264 e. The van der Waals surface area contributed by atoms with Gasteiger partial charge in [0.1, 0.15) is 5.78 Å². The number of Topliss-reactive ketones (excluding diaryl/α,β-unsaturated/α-hetero) is 1. The highest BCUT2D eigenvalue weighted by molar-refractivity contribution is 6.13. The van der Waals surface area contributed by atoms with E-state index in [1.165, 1.54) is 11.8 Å². The lowest BCUT2D eigenvalue weighted by molar-refractivity contribution is -0.157. The lowest BCUT2D eigenvalue weighted by Gasteiger charge is -2.40. The van der Waals surface area contributed by atoms with E-state index in [1.54, 1.807) is 27.0 Å². The second kappa shape index (κ2) is 5.25. The van der Waals surface area contributed by atoms with E-state index in [4.69, 9.17) is 0 Å². The van der Waals surface area contributed by atoms with Crippen LogP contribution in [0.1, 0.15) is 38.3 Å². The number of amides is 3. The zero-order valence-corrected chi connectivity index (χ0v) is 15.8. The first-order valence-electron chi connectivity index (χ1n) is 9.02. The van der Waals surface area contributed by atoms with Crippen molar-refractivity contribution in [3.05, 3.63) is 29.3 Å². The lowest BCUT2D eigenvalue weighted by atomic mass is 9.63. The Morgan fingerprint density at radius 2 is 1.93 bits per heavy atom. The largest absolute Gasteiger partial charge is 0.375 e. The molecule has 27 heavy (non-hydrogen) atoms. The van der Waals surface area contributed by atoms with E-state index in [0.29, 0.717) is 17.7 Å². The van der Waals surface area contributed by atoms with E-state index < -0.39 is 40.7 Å². The van der Waals surface area contributed by atoms with Crippen LogP contribution in [0, 0.1) is 11.8 Å². The van der Waals surface area contributed by atoms with Gasteiger partial charge in [-0.25, -0.2) is 0 Å². The molecule has 3 amide bonds. The number of benzene rings is 1. The summed E-state index contributed by atoms with van der Waals surface area (Å²) in [5.41, 5.74) is -1.01. The Morgan fingerprint density at radius 3 is 2.56 bits per heavy atom. The first-order chi connectivity index (χ1) is 12.5. The van der Waals surface area contributed by atoms with Gasteiger partial charge in [-0.2, -0.15) is 0 Å². The number of fused-ring (bicyclic) bond motifs is 2. The summed E-state index contributed by atoms with van der Waals surface area (Å²) in [6, 6.07) is 5.43. The van der Waals surface area contributed by atoms with Crippen molar-refractivity contribution in [2.24, 2.45) is 11.8 Å². The van der Waals surface area contributed by atoms with Crippen LogP contribution in [-0.2, 0) is 31.2 Å². The summed E-state index contributed by atoms with van der Waals surface area (Å²) in [6.45, 7) is 4.81. The predicted octanol–water partition coefficient (Wildman–Crippen LogP) is 0.766. The summed E-state index contributed by atoms with van der Waals surface area (Å²) in [5.74, 6) is -3.52. The fourth-order valence-electron chi connectivity index (χ4n) is 5.22. The SMILES string of the molecule is CC(=O)CC(=O)N1C(=O)C2C(Cc3cccc4c3C2(O)C(=O)N4C)C1(C)C. The summed E-state index contributed by atoms with van der Waals surface area (Å²) in [7, 11) is 1.58. The molecule has 2 aliphatic heterocycles. The minimum absolute atomic E-state index is 0.334. The van der Waals surface area contributed by atoms with Gasteiger partial charge in [0.05, 0.1) is 18.0 Å². The van der Waals surface area contributed by atoms with Gasteiger partial charge in [0.15, 0.2) is 5.60 Å². The molecule has 0 bridgehead atoms. The predicted molar refractivity (Wildman–Crippen MR) is 95.7 cm³/mol. The fourth-order valence-corrected chi connectivity index (χ4v) is 5.22. The van der Waals surface area contributed by atoms with Crippen LogP contribution in [0.5, 0.6) is 0 Å². The highest BCUT2D eigenvalue weighted by Gasteiger charge is 2.69. The molecule has 1 saturated heterocycles. The molecule has 3 atom stereocenters. The molecule has 4 rings (SSSR count). The molecule has 2 heterocycles. The Bertz CT molecular complexity index is 921. The van der Waals surface area contributed by atoms with Crippen LogP contribution in [0.15, 0.2) is 18.2 Å². The van der Waals surface area contributed by atoms with Gasteiger partial charge in [-0.1, -0.05) is 12.1 Å². The zero-order chi connectivity index (χ0) is 19.9. The second-order valence-electron chi connectivity index (χ2n) is 8.33. The first kappa shape index (κ1) is 17.9. The van der Waals surface area contributed by atoms with Gasteiger partial charge in [0.25, 0.3) is 5.91 Å². The smallest absolute Gasteiger partial charge is 0.264 e. The van der Waals surface area contributed by atoms with Crippen LogP contribution in [0.2, 0.25) is 0 Å². The third-order valence-electron chi connectivity index (χ3n) is 6.41. The molecule has 3 unspecified atom stereocenters. The Labute approximate surface area is 156 Å². The number of rotatable bonds is 2. The highest BCUT2D eigenvalue weighted by atomic mass is 16.3. The molecule has 1 fully saturated rings. The van der Waals surface area contributed by atoms with Crippen LogP contribution in [0.25, 0.3) is 0 Å². The van der Waals surface area contributed by atoms with E-state index >= 15 is 0 Å². The van der Waals surface area contributed by atoms with Crippen LogP contribution in [0.4, 0.5) is 5.69 Å². The van der Waals surface area contributed by atoms with Crippen molar-refractivity contribution in [2.75, 3.05) is 11.9 Å². The average molecular weight is 370 g/mol. The number of likely N-dealkylation sites (N-methyl/N-ethyl adjacent to an activating group) is 1. The number of nitrogens with zero attached hydrogens (tertiary/aromatic N) is 2. The molecule has 7 nitrogen and oxygen atoms in total. The topological polar surface area (TPSA) is 95.0 Å². The van der Waals surface area contributed by atoms with Crippen molar-refractivity contribution in [1.82, 2.24) is 4.90 Å². The highest BCUT2D eigenvalue weighted by Crippen LogP contribution is 2.58. The summed E-state index contributed by atoms with van der Waals surface area (Å²) < 4.78 is 0. The summed E-state index contributed by atoms with van der Waals surface area (Å²) in [4.78, 5) is 52.9. The van der Waals surface area contributed by atoms with E-state index in [1.807, 2.05) is 12.1 Å². The van der Waals surface area contributed by atoms with Crippen LogP contribution in [0.3, 0.4) is 0 Å². The summed E-state index contributed by atoms with van der Waals surface area (Å²) in [5, 5.41) is 11.6. The number of carbonyl (C=O) groups is 4. The van der Waals surface area contributed by atoms with Crippen LogP contribution in [-0.4, -0.2) is 46.1 Å². The molecule has 1 aliphatic carbocycles. The summed E-state index contributed by atoms with van der Waals surface area (Å²) >= 11 is 0. The molecule has 142 valence electrons. The number of anilines is 1. The van der Waals surface area contributed by atoms with Gasteiger partial charge in [-0.05, 0) is 38.8 Å². The molecule has 1 N–H and O–H groups in total. The van der Waals surface area contributed by atoms with Crippen molar-refractivity contribution in [3.63, 3.8) is 0 Å². The number of likely N-dealkylation sites (tertiary alicyclic amines) is 1. The number of hydrogen-bond donors (Lipinski definition) is 1. The molecule has 0 radical (unpaired) electrons. The lowest BCUT2D eigenvalue weighted by Crippen LogP contribution is -2.52. The van der Waals surface area contributed by atoms with Crippen LogP contribution < -0.4 is 4.90 Å². The first-order valence-corrected chi connectivity index (χ1v) is 9.02. The molecule has 7 heteroatoms. The van der Waals surface area contributed by atoms with E-state index in [9.17, 15) is 24.3 Å². The van der Waals surface area contributed by atoms with Gasteiger partial charge in [0.2, 0.25) is 11.8 Å². The zero-order valence-electron chi connectivity index (χ0n) is 15.8. The van der Waals surface area contributed by atoms with Crippen LogP contribution >= 0.6 is 0 Å². The summed E-state index contributed by atoms with van der Waals surface area (Å²) in [6.07, 6.45) is 0.0962. The molecule has 0 aromatic heterocycles. The van der Waals surface area contributed by atoms with Gasteiger partial charge < -0.3 is 10.0 Å². The molecular formula is C20H22N2O5. The van der Waals surface area contributed by atoms with Gasteiger partial charge >= 0.3 is 0 Å².